The van der Waals surface area contributed by atoms with Crippen molar-refractivity contribution in [1.29, 1.82) is 0 Å². The molecule has 0 fully saturated rings. The standard InChI is InChI=1S/C15H13F2NO2/c1-9-3-5-11(15(17)14(9)16)12(19)7-10-4-6-13(20-2)18-8-10/h3-6,8H,7H2,1-2H3. The first-order valence-corrected chi connectivity index (χ1v) is 5.99. The van der Waals surface area contributed by atoms with Crippen molar-refractivity contribution in [3.8, 4) is 5.88 Å². The van der Waals surface area contributed by atoms with Gasteiger partial charge >= 0.3 is 0 Å². The fourth-order valence-corrected chi connectivity index (χ4v) is 1.78. The Balaban J connectivity index is 2.21. The zero-order valence-corrected chi connectivity index (χ0v) is 11.1. The van der Waals surface area contributed by atoms with Crippen molar-refractivity contribution in [1.82, 2.24) is 4.98 Å². The number of aryl methyl sites for hydroxylation is 1. The third-order valence-corrected chi connectivity index (χ3v) is 2.95. The van der Waals surface area contributed by atoms with E-state index < -0.39 is 17.4 Å². The average Bonchev–Trinajstić information content (AvgIpc) is 2.45. The molecule has 1 aromatic heterocycles. The number of ketones is 1. The highest BCUT2D eigenvalue weighted by Crippen LogP contribution is 2.18. The topological polar surface area (TPSA) is 39.2 Å². The summed E-state index contributed by atoms with van der Waals surface area (Å²) >= 11 is 0. The first kappa shape index (κ1) is 14.1. The second-order valence-electron chi connectivity index (χ2n) is 4.37. The Labute approximate surface area is 115 Å². The summed E-state index contributed by atoms with van der Waals surface area (Å²) in [7, 11) is 1.48. The molecule has 20 heavy (non-hydrogen) atoms. The van der Waals surface area contributed by atoms with Gasteiger partial charge < -0.3 is 4.74 Å². The Morgan fingerprint density at radius 2 is 1.95 bits per heavy atom. The van der Waals surface area contributed by atoms with Crippen LogP contribution in [0.5, 0.6) is 5.88 Å². The first-order chi connectivity index (χ1) is 9.52. The number of aromatic nitrogens is 1. The van der Waals surface area contributed by atoms with E-state index in [-0.39, 0.29) is 17.5 Å². The van der Waals surface area contributed by atoms with E-state index in [1.807, 2.05) is 0 Å². The molecule has 0 saturated heterocycles. The van der Waals surface area contributed by atoms with Crippen LogP contribution < -0.4 is 4.74 Å². The van der Waals surface area contributed by atoms with Gasteiger partial charge in [0.25, 0.3) is 0 Å². The molecule has 0 atom stereocenters. The van der Waals surface area contributed by atoms with Crippen molar-refractivity contribution in [2.24, 2.45) is 0 Å². The van der Waals surface area contributed by atoms with Gasteiger partial charge in [-0.3, -0.25) is 4.79 Å². The molecular weight excluding hydrogens is 264 g/mol. The number of carbonyl (C=O) groups excluding carboxylic acids is 1. The Morgan fingerprint density at radius 1 is 1.20 bits per heavy atom. The van der Waals surface area contributed by atoms with Crippen LogP contribution in [0.4, 0.5) is 8.78 Å². The third-order valence-electron chi connectivity index (χ3n) is 2.95. The first-order valence-electron chi connectivity index (χ1n) is 5.99. The van der Waals surface area contributed by atoms with Gasteiger partial charge in [-0.2, -0.15) is 0 Å². The lowest BCUT2D eigenvalue weighted by Gasteiger charge is -2.06. The summed E-state index contributed by atoms with van der Waals surface area (Å²) < 4.78 is 32.0. The van der Waals surface area contributed by atoms with Crippen LogP contribution >= 0.6 is 0 Å². The molecule has 0 bridgehead atoms. The Kier molecular flexibility index (Phi) is 4.08. The quantitative estimate of drug-likeness (QED) is 0.806. The van der Waals surface area contributed by atoms with E-state index >= 15 is 0 Å². The zero-order chi connectivity index (χ0) is 14.7. The van der Waals surface area contributed by atoms with Crippen molar-refractivity contribution in [3.63, 3.8) is 0 Å². The van der Waals surface area contributed by atoms with E-state index in [0.717, 1.165) is 0 Å². The molecule has 5 heteroatoms. The van der Waals surface area contributed by atoms with Crippen LogP contribution in [0, 0.1) is 18.6 Å². The predicted octanol–water partition coefficient (Wildman–Crippen LogP) is 3.10. The number of methoxy groups -OCH3 is 1. The maximum absolute atomic E-state index is 13.7. The number of benzene rings is 1. The minimum Gasteiger partial charge on any atom is -0.481 e. The molecule has 0 amide bonds. The van der Waals surface area contributed by atoms with E-state index in [4.69, 9.17) is 4.74 Å². The number of hydrogen-bond acceptors (Lipinski definition) is 3. The number of hydrogen-bond donors (Lipinski definition) is 0. The summed E-state index contributed by atoms with van der Waals surface area (Å²) in [5.41, 5.74) is 0.533. The minimum absolute atomic E-state index is 0.0452. The number of rotatable bonds is 4. The van der Waals surface area contributed by atoms with Crippen molar-refractivity contribution < 1.29 is 18.3 Å². The highest BCUT2D eigenvalue weighted by atomic mass is 19.2. The molecule has 104 valence electrons. The third kappa shape index (κ3) is 2.82. The molecule has 0 saturated carbocycles. The van der Waals surface area contributed by atoms with Gasteiger partial charge in [0.1, 0.15) is 0 Å². The molecule has 0 radical (unpaired) electrons. The summed E-state index contributed by atoms with van der Waals surface area (Å²) in [6.07, 6.45) is 1.43. The molecule has 0 spiro atoms. The van der Waals surface area contributed by atoms with Gasteiger partial charge in [0.05, 0.1) is 12.7 Å². The smallest absolute Gasteiger partial charge is 0.212 e. The van der Waals surface area contributed by atoms with Crippen LogP contribution in [0.1, 0.15) is 21.5 Å². The van der Waals surface area contributed by atoms with Crippen molar-refractivity contribution in [3.05, 3.63) is 58.8 Å². The summed E-state index contributed by atoms with van der Waals surface area (Å²) in [5.74, 6) is -2.15. The molecule has 0 N–H and O–H groups in total. The second-order valence-corrected chi connectivity index (χ2v) is 4.37. The number of halogens is 2. The Hall–Kier alpha value is -2.30. The van der Waals surface area contributed by atoms with Crippen LogP contribution in [0.2, 0.25) is 0 Å². The van der Waals surface area contributed by atoms with Gasteiger partial charge in [-0.05, 0) is 24.1 Å². The second kappa shape index (κ2) is 5.77. The molecule has 1 aromatic carbocycles. The monoisotopic (exact) mass is 277 g/mol. The lowest BCUT2D eigenvalue weighted by molar-refractivity contribution is 0.0988. The van der Waals surface area contributed by atoms with Crippen LogP contribution in [0.25, 0.3) is 0 Å². The molecule has 2 rings (SSSR count). The molecule has 1 heterocycles. The summed E-state index contributed by atoms with van der Waals surface area (Å²) in [6.45, 7) is 1.44. The minimum atomic E-state index is -1.10. The van der Waals surface area contributed by atoms with E-state index in [9.17, 15) is 13.6 Å². The lowest BCUT2D eigenvalue weighted by atomic mass is 10.0. The van der Waals surface area contributed by atoms with E-state index in [1.165, 1.54) is 32.4 Å². The maximum atomic E-state index is 13.7. The SMILES string of the molecule is COc1ccc(CC(=O)c2ccc(C)c(F)c2F)cn1. The number of Topliss-reactive ketones (excluding diaryl/α,β-unsaturated/α-hetero) is 1. The van der Waals surface area contributed by atoms with Gasteiger partial charge in [0, 0.05) is 18.7 Å². The van der Waals surface area contributed by atoms with Crippen molar-refractivity contribution >= 4 is 5.78 Å². The van der Waals surface area contributed by atoms with Crippen LogP contribution in [-0.4, -0.2) is 17.9 Å². The average molecular weight is 277 g/mol. The number of pyridine rings is 1. The Bertz CT molecular complexity index is 639. The zero-order valence-electron chi connectivity index (χ0n) is 11.1. The molecular formula is C15H13F2NO2. The van der Waals surface area contributed by atoms with Crippen molar-refractivity contribution in [2.45, 2.75) is 13.3 Å². The molecule has 3 nitrogen and oxygen atoms in total. The van der Waals surface area contributed by atoms with Crippen molar-refractivity contribution in [2.75, 3.05) is 7.11 Å². The molecule has 0 aliphatic heterocycles. The largest absolute Gasteiger partial charge is 0.481 e. The van der Waals surface area contributed by atoms with E-state index in [0.29, 0.717) is 11.4 Å². The number of nitrogens with zero attached hydrogens (tertiary/aromatic N) is 1. The highest BCUT2D eigenvalue weighted by Gasteiger charge is 2.17. The fraction of sp³-hybridized carbons (Fsp3) is 0.200. The van der Waals surface area contributed by atoms with Crippen LogP contribution in [0.3, 0.4) is 0 Å². The normalized spacial score (nSPS) is 10.4. The number of carbonyl (C=O) groups is 1. The lowest BCUT2D eigenvalue weighted by Crippen LogP contribution is -2.08. The maximum Gasteiger partial charge on any atom is 0.212 e. The highest BCUT2D eigenvalue weighted by molar-refractivity contribution is 5.97. The Morgan fingerprint density at radius 3 is 2.55 bits per heavy atom. The molecule has 2 aromatic rings. The van der Waals surface area contributed by atoms with Gasteiger partial charge in [-0.25, -0.2) is 13.8 Å². The predicted molar refractivity (Wildman–Crippen MR) is 69.9 cm³/mol. The van der Waals surface area contributed by atoms with E-state index in [2.05, 4.69) is 4.98 Å². The van der Waals surface area contributed by atoms with Crippen LogP contribution in [0.15, 0.2) is 30.5 Å². The van der Waals surface area contributed by atoms with Gasteiger partial charge in [-0.1, -0.05) is 12.1 Å². The summed E-state index contributed by atoms with van der Waals surface area (Å²) in [6, 6.07) is 5.95. The fourth-order valence-electron chi connectivity index (χ4n) is 1.78. The summed E-state index contributed by atoms with van der Waals surface area (Å²) in [5, 5.41) is 0. The number of ether oxygens (including phenoxy) is 1. The molecule has 0 unspecified atom stereocenters. The summed E-state index contributed by atoms with van der Waals surface area (Å²) in [4.78, 5) is 15.9. The molecule has 0 aliphatic carbocycles. The van der Waals surface area contributed by atoms with Gasteiger partial charge in [-0.15, -0.1) is 0 Å². The van der Waals surface area contributed by atoms with E-state index in [1.54, 1.807) is 12.1 Å². The van der Waals surface area contributed by atoms with Gasteiger partial charge in [0.2, 0.25) is 5.88 Å². The molecule has 0 aliphatic rings. The van der Waals surface area contributed by atoms with Crippen LogP contribution in [-0.2, 0) is 6.42 Å². The van der Waals surface area contributed by atoms with Gasteiger partial charge in [0.15, 0.2) is 17.4 Å².